The second kappa shape index (κ2) is 8.60. The molecule has 6 heteroatoms. The van der Waals surface area contributed by atoms with Crippen LogP contribution in [0.4, 0.5) is 0 Å². The van der Waals surface area contributed by atoms with Crippen LogP contribution in [0, 0.1) is 11.8 Å². The van der Waals surface area contributed by atoms with Gasteiger partial charge in [-0.3, -0.25) is 9.48 Å². The third-order valence-electron chi connectivity index (χ3n) is 5.46. The van der Waals surface area contributed by atoms with Crippen LogP contribution in [-0.2, 0) is 11.3 Å². The summed E-state index contributed by atoms with van der Waals surface area (Å²) >= 11 is 0. The van der Waals surface area contributed by atoms with Crippen LogP contribution in [0.3, 0.4) is 0 Å². The Morgan fingerprint density at radius 3 is 2.79 bits per heavy atom. The van der Waals surface area contributed by atoms with E-state index in [1.54, 1.807) is 7.11 Å². The van der Waals surface area contributed by atoms with Crippen LogP contribution in [0.2, 0.25) is 0 Å². The zero-order valence-corrected chi connectivity index (χ0v) is 14.8. The Bertz CT molecular complexity index is 523. The molecule has 3 rings (SSSR count). The molecule has 1 saturated heterocycles. The average molecular weight is 334 g/mol. The maximum Gasteiger partial charge on any atom is 0.276 e. The van der Waals surface area contributed by atoms with Gasteiger partial charge in [0, 0.05) is 26.7 Å². The molecular formula is C18H30N4O2. The number of methoxy groups -OCH3 is 1. The smallest absolute Gasteiger partial charge is 0.276 e. The molecule has 0 spiro atoms. The van der Waals surface area contributed by atoms with E-state index in [0.29, 0.717) is 11.6 Å². The van der Waals surface area contributed by atoms with Crippen molar-refractivity contribution >= 4 is 5.91 Å². The minimum Gasteiger partial charge on any atom is -0.384 e. The highest BCUT2D eigenvalue weighted by molar-refractivity contribution is 5.92. The number of aromatic nitrogens is 3. The molecule has 1 saturated carbocycles. The first-order chi connectivity index (χ1) is 11.8. The normalized spacial score (nSPS) is 22.7. The predicted octanol–water partition coefficient (Wildman–Crippen LogP) is 2.75. The van der Waals surface area contributed by atoms with Crippen molar-refractivity contribution < 1.29 is 9.53 Å². The number of hydrogen-bond acceptors (Lipinski definition) is 4. The minimum atomic E-state index is 0.0136. The van der Waals surface area contributed by atoms with Crippen molar-refractivity contribution in [3.8, 4) is 0 Å². The van der Waals surface area contributed by atoms with Gasteiger partial charge < -0.3 is 9.64 Å². The Morgan fingerprint density at radius 2 is 2.00 bits per heavy atom. The third kappa shape index (κ3) is 4.56. The molecule has 134 valence electrons. The van der Waals surface area contributed by atoms with Gasteiger partial charge in [-0.15, -0.1) is 5.10 Å². The molecule has 1 atom stereocenters. The number of amides is 1. The lowest BCUT2D eigenvalue weighted by Crippen LogP contribution is -2.41. The molecule has 2 heterocycles. The molecule has 6 nitrogen and oxygen atoms in total. The Kier molecular flexibility index (Phi) is 6.24. The quantitative estimate of drug-likeness (QED) is 0.802. The van der Waals surface area contributed by atoms with Crippen LogP contribution in [-0.4, -0.2) is 52.6 Å². The number of carbonyl (C=O) groups is 1. The molecule has 0 N–H and O–H groups in total. The second-order valence-electron chi connectivity index (χ2n) is 7.37. The molecule has 0 aromatic carbocycles. The first-order valence-electron chi connectivity index (χ1n) is 9.44. The molecule has 1 amide bonds. The van der Waals surface area contributed by atoms with Gasteiger partial charge in [0.25, 0.3) is 5.91 Å². The topological polar surface area (TPSA) is 60.2 Å². The molecule has 24 heavy (non-hydrogen) atoms. The SMILES string of the molecule is COC[C@H]1CCCN(C(=O)c2cn(CCC3CCCCC3)nn2)C1. The van der Waals surface area contributed by atoms with Crippen LogP contribution < -0.4 is 0 Å². The largest absolute Gasteiger partial charge is 0.384 e. The van der Waals surface area contributed by atoms with Crippen molar-refractivity contribution in [2.45, 2.75) is 57.9 Å². The van der Waals surface area contributed by atoms with E-state index in [9.17, 15) is 4.79 Å². The van der Waals surface area contributed by atoms with Crippen molar-refractivity contribution in [3.63, 3.8) is 0 Å². The highest BCUT2D eigenvalue weighted by atomic mass is 16.5. The van der Waals surface area contributed by atoms with E-state index in [4.69, 9.17) is 4.74 Å². The lowest BCUT2D eigenvalue weighted by molar-refractivity contribution is 0.0565. The second-order valence-corrected chi connectivity index (χ2v) is 7.37. The number of rotatable bonds is 6. The summed E-state index contributed by atoms with van der Waals surface area (Å²) < 4.78 is 7.08. The van der Waals surface area contributed by atoms with Gasteiger partial charge >= 0.3 is 0 Å². The van der Waals surface area contributed by atoms with Crippen LogP contribution in [0.15, 0.2) is 6.20 Å². The molecule has 1 aliphatic heterocycles. The number of aryl methyl sites for hydroxylation is 1. The molecular weight excluding hydrogens is 304 g/mol. The number of nitrogens with zero attached hydrogens (tertiary/aromatic N) is 4. The van der Waals surface area contributed by atoms with Gasteiger partial charge in [0.15, 0.2) is 5.69 Å². The van der Waals surface area contributed by atoms with E-state index >= 15 is 0 Å². The lowest BCUT2D eigenvalue weighted by Gasteiger charge is -2.31. The number of hydrogen-bond donors (Lipinski definition) is 0. The fourth-order valence-electron chi connectivity index (χ4n) is 4.08. The van der Waals surface area contributed by atoms with Crippen LogP contribution in [0.1, 0.15) is 61.9 Å². The average Bonchev–Trinajstić information content (AvgIpc) is 3.10. The molecule has 0 radical (unpaired) electrons. The molecule has 2 fully saturated rings. The van der Waals surface area contributed by atoms with Gasteiger partial charge in [-0.1, -0.05) is 37.3 Å². The Balaban J connectivity index is 1.51. The summed E-state index contributed by atoms with van der Waals surface area (Å²) in [4.78, 5) is 14.5. The van der Waals surface area contributed by atoms with Gasteiger partial charge in [-0.25, -0.2) is 0 Å². The molecule has 1 aromatic heterocycles. The number of piperidine rings is 1. The van der Waals surface area contributed by atoms with E-state index in [1.807, 2.05) is 15.8 Å². The van der Waals surface area contributed by atoms with Crippen molar-refractivity contribution in [2.24, 2.45) is 11.8 Å². The molecule has 2 aliphatic rings. The number of carbonyl (C=O) groups excluding carboxylic acids is 1. The summed E-state index contributed by atoms with van der Waals surface area (Å²) in [5.74, 6) is 1.27. The standard InChI is InChI=1S/C18H30N4O2/c1-24-14-16-8-5-10-21(12-16)18(23)17-13-22(20-19-17)11-9-15-6-3-2-4-7-15/h13,15-16H,2-12,14H2,1H3/t16-/m0/s1. The van der Waals surface area contributed by atoms with Gasteiger partial charge in [0.2, 0.25) is 0 Å². The van der Waals surface area contributed by atoms with Gasteiger partial charge in [-0.05, 0) is 31.1 Å². The van der Waals surface area contributed by atoms with Crippen molar-refractivity contribution in [1.29, 1.82) is 0 Å². The Labute approximate surface area is 144 Å². The van der Waals surface area contributed by atoms with E-state index in [0.717, 1.165) is 51.4 Å². The highest BCUT2D eigenvalue weighted by Gasteiger charge is 2.26. The highest BCUT2D eigenvalue weighted by Crippen LogP contribution is 2.26. The number of likely N-dealkylation sites (tertiary alicyclic amines) is 1. The maximum absolute atomic E-state index is 12.6. The molecule has 0 bridgehead atoms. The van der Waals surface area contributed by atoms with Gasteiger partial charge in [0.05, 0.1) is 12.8 Å². The van der Waals surface area contributed by atoms with Crippen LogP contribution in [0.5, 0.6) is 0 Å². The van der Waals surface area contributed by atoms with E-state index < -0.39 is 0 Å². The van der Waals surface area contributed by atoms with Crippen LogP contribution >= 0.6 is 0 Å². The van der Waals surface area contributed by atoms with E-state index in [1.165, 1.54) is 32.1 Å². The van der Waals surface area contributed by atoms with Crippen molar-refractivity contribution in [2.75, 3.05) is 26.8 Å². The van der Waals surface area contributed by atoms with Crippen molar-refractivity contribution in [3.05, 3.63) is 11.9 Å². The van der Waals surface area contributed by atoms with Gasteiger partial charge in [-0.2, -0.15) is 0 Å². The zero-order chi connectivity index (χ0) is 16.8. The van der Waals surface area contributed by atoms with Crippen LogP contribution in [0.25, 0.3) is 0 Å². The van der Waals surface area contributed by atoms with E-state index in [-0.39, 0.29) is 5.91 Å². The number of ether oxygens (including phenoxy) is 1. The monoisotopic (exact) mass is 334 g/mol. The predicted molar refractivity (Wildman–Crippen MR) is 91.7 cm³/mol. The summed E-state index contributed by atoms with van der Waals surface area (Å²) in [7, 11) is 1.72. The van der Waals surface area contributed by atoms with Crippen molar-refractivity contribution in [1.82, 2.24) is 19.9 Å². The Hall–Kier alpha value is -1.43. The zero-order valence-electron chi connectivity index (χ0n) is 14.8. The summed E-state index contributed by atoms with van der Waals surface area (Å²) in [6.45, 7) is 3.17. The summed E-state index contributed by atoms with van der Waals surface area (Å²) in [5, 5.41) is 8.28. The van der Waals surface area contributed by atoms with E-state index in [2.05, 4.69) is 10.3 Å². The summed E-state index contributed by atoms with van der Waals surface area (Å²) in [6, 6.07) is 0. The minimum absolute atomic E-state index is 0.0136. The molecule has 0 unspecified atom stereocenters. The molecule has 1 aliphatic carbocycles. The first-order valence-corrected chi connectivity index (χ1v) is 9.44. The third-order valence-corrected chi connectivity index (χ3v) is 5.46. The fraction of sp³-hybridized carbons (Fsp3) is 0.833. The first kappa shape index (κ1) is 17.4. The summed E-state index contributed by atoms with van der Waals surface area (Å²) in [6.07, 6.45) is 11.9. The molecule has 1 aromatic rings. The Morgan fingerprint density at radius 1 is 1.21 bits per heavy atom. The van der Waals surface area contributed by atoms with Gasteiger partial charge in [0.1, 0.15) is 0 Å². The summed E-state index contributed by atoms with van der Waals surface area (Å²) in [5.41, 5.74) is 0.483. The fourth-order valence-corrected chi connectivity index (χ4v) is 4.08. The lowest BCUT2D eigenvalue weighted by atomic mass is 9.87. The maximum atomic E-state index is 12.6.